The van der Waals surface area contributed by atoms with Crippen molar-refractivity contribution in [2.45, 2.75) is 142 Å². The van der Waals surface area contributed by atoms with E-state index < -0.39 is 17.7 Å². The van der Waals surface area contributed by atoms with Crippen molar-refractivity contribution in [2.24, 2.45) is 0 Å². The molecule has 0 unspecified atom stereocenters. The van der Waals surface area contributed by atoms with Gasteiger partial charge in [0.15, 0.2) is 0 Å². The van der Waals surface area contributed by atoms with Crippen LogP contribution in [0.5, 0.6) is 0 Å². The molecular weight excluding hydrogens is 448 g/mol. The Bertz CT molecular complexity index is 553. The second kappa shape index (κ2) is 18.5. The van der Waals surface area contributed by atoms with Gasteiger partial charge in [-0.15, -0.1) is 0 Å². The molecule has 0 aliphatic carbocycles. The molecule has 34 heavy (non-hydrogen) atoms. The highest BCUT2D eigenvalue weighted by Gasteiger charge is 2.38. The maximum Gasteiger partial charge on any atom is 0.410 e. The molecule has 1 heterocycles. The predicted octanol–water partition coefficient (Wildman–Crippen LogP) is 7.26. The highest BCUT2D eigenvalue weighted by atomic mass is 32.2. The lowest BCUT2D eigenvalue weighted by atomic mass is 10.00. The number of hydroxylamine groups is 1. The number of hydrogen-bond donors (Lipinski definition) is 1. The summed E-state index contributed by atoms with van der Waals surface area (Å²) in [6.07, 6.45) is 16.0. The van der Waals surface area contributed by atoms with E-state index in [1.54, 1.807) is 4.90 Å². The minimum Gasteiger partial charge on any atom is -0.444 e. The Labute approximate surface area is 213 Å². The molecule has 0 spiro atoms. The molecule has 0 saturated carbocycles. The Balaban J connectivity index is 2.39. The molecule has 200 valence electrons. The molecule has 0 aromatic rings. The van der Waals surface area contributed by atoms with Crippen LogP contribution in [0.25, 0.3) is 0 Å². The van der Waals surface area contributed by atoms with Gasteiger partial charge in [0.2, 0.25) is 5.12 Å². The standard InChI is InChI=1S/C27H52N2O4S/c1-6-8-10-11-12-13-14-15-16-17-21-34-25(30)24-19-18-23(28-32-20-9-7-2)22-29(24)26(31)33-27(3,4)5/h23-24,28H,6-22H2,1-5H3/t23-,24+/m1/s1. The zero-order valence-electron chi connectivity index (χ0n) is 22.7. The van der Waals surface area contributed by atoms with Gasteiger partial charge in [-0.3, -0.25) is 9.69 Å². The zero-order valence-corrected chi connectivity index (χ0v) is 23.5. The van der Waals surface area contributed by atoms with E-state index >= 15 is 0 Å². The first-order chi connectivity index (χ1) is 16.3. The van der Waals surface area contributed by atoms with Crippen molar-refractivity contribution >= 4 is 23.0 Å². The summed E-state index contributed by atoms with van der Waals surface area (Å²) in [5, 5.41) is 0.0899. The second-order valence-corrected chi connectivity index (χ2v) is 11.7. The molecule has 1 fully saturated rings. The maximum atomic E-state index is 13.0. The average molecular weight is 501 g/mol. The van der Waals surface area contributed by atoms with Crippen LogP contribution in [0.4, 0.5) is 4.79 Å². The molecule has 1 aliphatic heterocycles. The Morgan fingerprint density at radius 1 is 0.882 bits per heavy atom. The first-order valence-electron chi connectivity index (χ1n) is 13.8. The van der Waals surface area contributed by atoms with Gasteiger partial charge in [0, 0.05) is 12.3 Å². The molecule has 0 radical (unpaired) electrons. The Hall–Kier alpha value is -0.790. The number of hydrogen-bond acceptors (Lipinski definition) is 6. The quantitative estimate of drug-likeness (QED) is 0.167. The van der Waals surface area contributed by atoms with Gasteiger partial charge in [0.05, 0.1) is 12.6 Å². The third kappa shape index (κ3) is 14.6. The molecule has 7 heteroatoms. The minimum absolute atomic E-state index is 0.0143. The van der Waals surface area contributed by atoms with E-state index in [1.165, 1.54) is 69.5 Å². The molecule has 1 aliphatic rings. The Morgan fingerprint density at radius 3 is 2.06 bits per heavy atom. The van der Waals surface area contributed by atoms with E-state index in [2.05, 4.69) is 19.3 Å². The van der Waals surface area contributed by atoms with E-state index in [0.29, 0.717) is 19.6 Å². The van der Waals surface area contributed by atoms with Crippen LogP contribution in [-0.2, 0) is 14.4 Å². The number of nitrogens with zero attached hydrogens (tertiary/aromatic N) is 1. The number of amides is 1. The highest BCUT2D eigenvalue weighted by Crippen LogP contribution is 2.25. The van der Waals surface area contributed by atoms with Gasteiger partial charge in [0.1, 0.15) is 11.6 Å². The average Bonchev–Trinajstić information content (AvgIpc) is 2.79. The van der Waals surface area contributed by atoms with Crippen LogP contribution in [0.15, 0.2) is 0 Å². The van der Waals surface area contributed by atoms with Crippen LogP contribution in [0.1, 0.15) is 125 Å². The summed E-state index contributed by atoms with van der Waals surface area (Å²) in [7, 11) is 0. The molecule has 0 aromatic carbocycles. The summed E-state index contributed by atoms with van der Waals surface area (Å²) in [6, 6.07) is -0.406. The van der Waals surface area contributed by atoms with Crippen molar-refractivity contribution in [3.63, 3.8) is 0 Å². The fourth-order valence-corrected chi connectivity index (χ4v) is 5.07. The summed E-state index contributed by atoms with van der Waals surface area (Å²) < 4.78 is 5.62. The van der Waals surface area contributed by atoms with Gasteiger partial charge >= 0.3 is 6.09 Å². The maximum absolute atomic E-state index is 13.0. The number of carbonyl (C=O) groups excluding carboxylic acids is 2. The molecule has 1 N–H and O–H groups in total. The number of thioether (sulfide) groups is 1. The summed E-state index contributed by atoms with van der Waals surface area (Å²) in [6.45, 7) is 11.0. The van der Waals surface area contributed by atoms with Gasteiger partial charge in [-0.2, -0.15) is 5.48 Å². The number of ether oxygens (including phenoxy) is 1. The molecule has 0 bridgehead atoms. The smallest absolute Gasteiger partial charge is 0.410 e. The summed E-state index contributed by atoms with van der Waals surface area (Å²) in [5.41, 5.74) is 2.50. The monoisotopic (exact) mass is 500 g/mol. The van der Waals surface area contributed by atoms with E-state index in [9.17, 15) is 9.59 Å². The van der Waals surface area contributed by atoms with Gasteiger partial charge in [0.25, 0.3) is 0 Å². The van der Waals surface area contributed by atoms with Gasteiger partial charge in [-0.25, -0.2) is 4.79 Å². The van der Waals surface area contributed by atoms with Crippen molar-refractivity contribution in [1.82, 2.24) is 10.4 Å². The fourth-order valence-electron chi connectivity index (χ4n) is 4.09. The minimum atomic E-state index is -0.591. The summed E-state index contributed by atoms with van der Waals surface area (Å²) in [5.74, 6) is 0.829. The largest absolute Gasteiger partial charge is 0.444 e. The van der Waals surface area contributed by atoms with Crippen LogP contribution in [0.3, 0.4) is 0 Å². The molecule has 1 amide bonds. The van der Waals surface area contributed by atoms with Crippen molar-refractivity contribution in [1.29, 1.82) is 0 Å². The number of piperidine rings is 1. The van der Waals surface area contributed by atoms with Crippen molar-refractivity contribution < 1.29 is 19.2 Å². The van der Waals surface area contributed by atoms with Crippen LogP contribution in [0.2, 0.25) is 0 Å². The molecule has 2 atom stereocenters. The van der Waals surface area contributed by atoms with Gasteiger partial charge in [-0.1, -0.05) is 89.8 Å². The van der Waals surface area contributed by atoms with Gasteiger partial charge in [-0.05, 0) is 46.5 Å². The first-order valence-corrected chi connectivity index (χ1v) is 14.8. The number of rotatable bonds is 17. The lowest BCUT2D eigenvalue weighted by Gasteiger charge is -2.39. The number of nitrogens with one attached hydrogen (secondary N) is 1. The number of likely N-dealkylation sites (tertiary alicyclic amines) is 1. The summed E-state index contributed by atoms with van der Waals surface area (Å²) in [4.78, 5) is 33.1. The molecule has 1 rings (SSSR count). The normalized spacial score (nSPS) is 18.8. The third-order valence-electron chi connectivity index (χ3n) is 6.07. The zero-order chi connectivity index (χ0) is 25.2. The molecule has 6 nitrogen and oxygen atoms in total. The fraction of sp³-hybridized carbons (Fsp3) is 0.926. The van der Waals surface area contributed by atoms with Gasteiger partial charge < -0.3 is 9.57 Å². The first kappa shape index (κ1) is 31.2. The Morgan fingerprint density at radius 2 is 1.47 bits per heavy atom. The van der Waals surface area contributed by atoms with Crippen LogP contribution in [0, 0.1) is 0 Å². The topological polar surface area (TPSA) is 67.9 Å². The SMILES string of the molecule is CCCCCCCCCCCCSC(=O)[C@@H]1CC[C@@H](NOCCCC)CN1C(=O)OC(C)(C)C. The molecule has 1 saturated heterocycles. The van der Waals surface area contributed by atoms with Crippen LogP contribution >= 0.6 is 11.8 Å². The number of unbranched alkanes of at least 4 members (excludes halogenated alkanes) is 10. The second-order valence-electron chi connectivity index (χ2n) is 10.6. The lowest BCUT2D eigenvalue weighted by Crippen LogP contribution is -2.56. The van der Waals surface area contributed by atoms with E-state index in [-0.39, 0.29) is 11.2 Å². The van der Waals surface area contributed by atoms with E-state index in [4.69, 9.17) is 9.57 Å². The van der Waals surface area contributed by atoms with Crippen molar-refractivity contribution in [2.75, 3.05) is 18.9 Å². The lowest BCUT2D eigenvalue weighted by molar-refractivity contribution is -0.118. The van der Waals surface area contributed by atoms with Crippen molar-refractivity contribution in [3.05, 3.63) is 0 Å². The number of carbonyl (C=O) groups is 2. The van der Waals surface area contributed by atoms with E-state index in [1.807, 2.05) is 20.8 Å². The van der Waals surface area contributed by atoms with Crippen LogP contribution in [-0.4, -0.2) is 52.7 Å². The van der Waals surface area contributed by atoms with Crippen LogP contribution < -0.4 is 5.48 Å². The predicted molar refractivity (Wildman–Crippen MR) is 143 cm³/mol. The third-order valence-corrected chi connectivity index (χ3v) is 7.12. The molecular formula is C27H52N2O4S. The van der Waals surface area contributed by atoms with Crippen molar-refractivity contribution in [3.8, 4) is 0 Å². The summed E-state index contributed by atoms with van der Waals surface area (Å²) >= 11 is 1.39. The molecule has 0 aromatic heterocycles. The van der Waals surface area contributed by atoms with E-state index in [0.717, 1.165) is 31.4 Å². The Kier molecular flexibility index (Phi) is 17.0. The highest BCUT2D eigenvalue weighted by molar-refractivity contribution is 8.13.